The number of hydrogen-bond donors (Lipinski definition) is 2. The Balaban J connectivity index is 2.00. The van der Waals surface area contributed by atoms with Gasteiger partial charge in [0.25, 0.3) is 0 Å². The molecule has 1 aromatic carbocycles. The van der Waals surface area contributed by atoms with Crippen LogP contribution in [0.4, 0.5) is 10.5 Å². The average Bonchev–Trinajstić information content (AvgIpc) is 2.68. The van der Waals surface area contributed by atoms with Gasteiger partial charge < -0.3 is 15.4 Å². The van der Waals surface area contributed by atoms with Crippen molar-refractivity contribution < 1.29 is 17.9 Å². The quantitative estimate of drug-likeness (QED) is 0.887. The molecule has 0 radical (unpaired) electrons. The monoisotopic (exact) mass is 318 g/mol. The maximum atomic E-state index is 11.8. The van der Waals surface area contributed by atoms with Gasteiger partial charge in [-0.1, -0.05) is 11.6 Å². The summed E-state index contributed by atoms with van der Waals surface area (Å²) < 4.78 is 27.7. The summed E-state index contributed by atoms with van der Waals surface area (Å²) in [6.45, 7) is 0. The minimum absolute atomic E-state index is 0.0207. The fourth-order valence-electron chi connectivity index (χ4n) is 2.03. The fourth-order valence-corrected chi connectivity index (χ4v) is 3.88. The first kappa shape index (κ1) is 14.9. The Bertz CT molecular complexity index is 618. The van der Waals surface area contributed by atoms with Gasteiger partial charge in [0.2, 0.25) is 0 Å². The van der Waals surface area contributed by atoms with Crippen LogP contribution in [0.5, 0.6) is 5.75 Å². The van der Waals surface area contributed by atoms with Crippen LogP contribution < -0.4 is 15.4 Å². The number of nitrogens with one attached hydrogen (secondary N) is 2. The SMILES string of the molecule is COc1ccc(Cl)cc1NC(=O)N[C@@H]1CCS(=O)(=O)C1. The lowest BCUT2D eigenvalue weighted by Crippen LogP contribution is -2.38. The van der Waals surface area contributed by atoms with E-state index in [1.807, 2.05) is 0 Å². The van der Waals surface area contributed by atoms with E-state index in [-0.39, 0.29) is 17.5 Å². The Kier molecular flexibility index (Phi) is 4.39. The number of amides is 2. The Morgan fingerprint density at radius 1 is 1.45 bits per heavy atom. The number of rotatable bonds is 3. The Morgan fingerprint density at radius 2 is 2.20 bits per heavy atom. The molecule has 6 nitrogen and oxygen atoms in total. The highest BCUT2D eigenvalue weighted by Crippen LogP contribution is 2.27. The smallest absolute Gasteiger partial charge is 0.319 e. The molecule has 1 aliphatic heterocycles. The van der Waals surface area contributed by atoms with Crippen molar-refractivity contribution in [1.82, 2.24) is 5.32 Å². The van der Waals surface area contributed by atoms with Crippen molar-refractivity contribution in [2.24, 2.45) is 0 Å². The molecule has 1 fully saturated rings. The molecule has 2 amide bonds. The molecule has 1 heterocycles. The van der Waals surface area contributed by atoms with Crippen LogP contribution in [0.25, 0.3) is 0 Å². The van der Waals surface area contributed by atoms with E-state index in [0.717, 1.165) is 0 Å². The molecule has 1 saturated heterocycles. The van der Waals surface area contributed by atoms with Crippen molar-refractivity contribution in [3.8, 4) is 5.75 Å². The summed E-state index contributed by atoms with van der Waals surface area (Å²) in [5, 5.41) is 5.69. The molecule has 0 aromatic heterocycles. The summed E-state index contributed by atoms with van der Waals surface area (Å²) in [6.07, 6.45) is 0.433. The third kappa shape index (κ3) is 3.77. The highest BCUT2D eigenvalue weighted by atomic mass is 35.5. The van der Waals surface area contributed by atoms with Gasteiger partial charge in [-0.15, -0.1) is 0 Å². The van der Waals surface area contributed by atoms with Crippen LogP contribution in [0.2, 0.25) is 5.02 Å². The van der Waals surface area contributed by atoms with Gasteiger partial charge in [0.15, 0.2) is 9.84 Å². The molecule has 1 aromatic rings. The average molecular weight is 319 g/mol. The van der Waals surface area contributed by atoms with Gasteiger partial charge in [-0.25, -0.2) is 13.2 Å². The lowest BCUT2D eigenvalue weighted by atomic mass is 10.2. The fraction of sp³-hybridized carbons (Fsp3) is 0.417. The van der Waals surface area contributed by atoms with Gasteiger partial charge in [-0.3, -0.25) is 0 Å². The topological polar surface area (TPSA) is 84.5 Å². The first-order valence-corrected chi connectivity index (χ1v) is 8.21. The predicted molar refractivity (Wildman–Crippen MR) is 77.2 cm³/mol. The number of halogens is 1. The van der Waals surface area contributed by atoms with Crippen molar-refractivity contribution in [2.45, 2.75) is 12.5 Å². The molecule has 8 heteroatoms. The summed E-state index contributed by atoms with van der Waals surface area (Å²) in [5.74, 6) is 0.564. The maximum Gasteiger partial charge on any atom is 0.319 e. The van der Waals surface area contributed by atoms with Crippen LogP contribution in [0.3, 0.4) is 0 Å². The highest BCUT2D eigenvalue weighted by molar-refractivity contribution is 7.91. The first-order chi connectivity index (χ1) is 9.39. The summed E-state index contributed by atoms with van der Waals surface area (Å²) in [7, 11) is -1.54. The van der Waals surface area contributed by atoms with Crippen LogP contribution in [0.1, 0.15) is 6.42 Å². The van der Waals surface area contributed by atoms with Gasteiger partial charge in [0.05, 0.1) is 24.3 Å². The van der Waals surface area contributed by atoms with Crippen molar-refractivity contribution >= 4 is 33.2 Å². The third-order valence-corrected chi connectivity index (χ3v) is 4.98. The number of anilines is 1. The molecule has 2 rings (SSSR count). The number of carbonyl (C=O) groups excluding carboxylic acids is 1. The van der Waals surface area contributed by atoms with Crippen molar-refractivity contribution in [2.75, 3.05) is 23.9 Å². The third-order valence-electron chi connectivity index (χ3n) is 2.98. The van der Waals surface area contributed by atoms with Crippen molar-refractivity contribution in [1.29, 1.82) is 0 Å². The number of benzene rings is 1. The predicted octanol–water partition coefficient (Wildman–Crippen LogP) is 1.66. The van der Waals surface area contributed by atoms with E-state index in [1.165, 1.54) is 7.11 Å². The van der Waals surface area contributed by atoms with Gasteiger partial charge in [0, 0.05) is 11.1 Å². The Labute approximate surface area is 122 Å². The lowest BCUT2D eigenvalue weighted by Gasteiger charge is -2.14. The lowest BCUT2D eigenvalue weighted by molar-refractivity contribution is 0.249. The Morgan fingerprint density at radius 3 is 2.80 bits per heavy atom. The second kappa shape index (κ2) is 5.88. The molecule has 0 bridgehead atoms. The van der Waals surface area contributed by atoms with E-state index < -0.39 is 15.9 Å². The zero-order valence-electron chi connectivity index (χ0n) is 10.8. The summed E-state index contributed by atoms with van der Waals surface area (Å²) in [5.41, 5.74) is 0.429. The van der Waals surface area contributed by atoms with E-state index in [2.05, 4.69) is 10.6 Å². The second-order valence-electron chi connectivity index (χ2n) is 4.54. The number of methoxy groups -OCH3 is 1. The molecule has 0 spiro atoms. The number of hydrogen-bond acceptors (Lipinski definition) is 4. The zero-order valence-corrected chi connectivity index (χ0v) is 12.4. The molecule has 0 aliphatic carbocycles. The molecule has 2 N–H and O–H groups in total. The minimum Gasteiger partial charge on any atom is -0.495 e. The van der Waals surface area contributed by atoms with E-state index >= 15 is 0 Å². The van der Waals surface area contributed by atoms with Crippen LogP contribution in [-0.4, -0.2) is 39.1 Å². The van der Waals surface area contributed by atoms with E-state index in [1.54, 1.807) is 18.2 Å². The maximum absolute atomic E-state index is 11.8. The van der Waals surface area contributed by atoms with Crippen molar-refractivity contribution in [3.63, 3.8) is 0 Å². The highest BCUT2D eigenvalue weighted by Gasteiger charge is 2.29. The summed E-state index contributed by atoms with van der Waals surface area (Å²) >= 11 is 5.86. The van der Waals surface area contributed by atoms with Gasteiger partial charge in [-0.05, 0) is 24.6 Å². The van der Waals surface area contributed by atoms with Crippen LogP contribution in [0, 0.1) is 0 Å². The van der Waals surface area contributed by atoms with Gasteiger partial charge >= 0.3 is 6.03 Å². The molecule has 0 unspecified atom stereocenters. The Hall–Kier alpha value is -1.47. The molecule has 0 saturated carbocycles. The minimum atomic E-state index is -3.02. The molecule has 110 valence electrons. The number of carbonyl (C=O) groups is 1. The number of sulfone groups is 1. The largest absolute Gasteiger partial charge is 0.495 e. The van der Waals surface area contributed by atoms with E-state index in [0.29, 0.717) is 22.9 Å². The van der Waals surface area contributed by atoms with Gasteiger partial charge in [0.1, 0.15) is 5.75 Å². The van der Waals surface area contributed by atoms with E-state index in [9.17, 15) is 13.2 Å². The number of ether oxygens (including phenoxy) is 1. The zero-order chi connectivity index (χ0) is 14.8. The van der Waals surface area contributed by atoms with Gasteiger partial charge in [-0.2, -0.15) is 0 Å². The summed E-state index contributed by atoms with van der Waals surface area (Å²) in [4.78, 5) is 11.8. The first-order valence-electron chi connectivity index (χ1n) is 6.01. The standard InChI is InChI=1S/C12H15ClN2O4S/c1-19-11-3-2-8(13)6-10(11)15-12(16)14-9-4-5-20(17,18)7-9/h2-3,6,9H,4-5,7H2,1H3,(H2,14,15,16)/t9-/m1/s1. The molecule has 1 aliphatic rings. The second-order valence-corrected chi connectivity index (χ2v) is 7.21. The molecule has 1 atom stereocenters. The van der Waals surface area contributed by atoms with E-state index in [4.69, 9.17) is 16.3 Å². The normalized spacial score (nSPS) is 20.4. The van der Waals surface area contributed by atoms with Crippen LogP contribution in [0.15, 0.2) is 18.2 Å². The molecule has 20 heavy (non-hydrogen) atoms. The molecular weight excluding hydrogens is 304 g/mol. The summed E-state index contributed by atoms with van der Waals surface area (Å²) in [6, 6.07) is 4.01. The van der Waals surface area contributed by atoms with Crippen molar-refractivity contribution in [3.05, 3.63) is 23.2 Å². The number of urea groups is 1. The molecular formula is C12H15ClN2O4S. The van der Waals surface area contributed by atoms with Crippen LogP contribution >= 0.6 is 11.6 Å². The van der Waals surface area contributed by atoms with Crippen LogP contribution in [-0.2, 0) is 9.84 Å².